The van der Waals surface area contributed by atoms with Crippen molar-refractivity contribution in [2.24, 2.45) is 0 Å². The molecule has 8 heteroatoms. The molecule has 0 saturated heterocycles. The van der Waals surface area contributed by atoms with Crippen molar-refractivity contribution in [3.05, 3.63) is 119 Å². The number of nitrogens with zero attached hydrogens (tertiary/aromatic N) is 4. The molecule has 3 N–H and O–H groups in total. The summed E-state index contributed by atoms with van der Waals surface area (Å²) < 4.78 is 5.47. The molecule has 0 bridgehead atoms. The van der Waals surface area contributed by atoms with Crippen LogP contribution in [-0.2, 0) is 32.6 Å². The number of ether oxygens (including phenoxy) is 1. The summed E-state index contributed by atoms with van der Waals surface area (Å²) in [6, 6.07) is 28.0. The van der Waals surface area contributed by atoms with Crippen LogP contribution in [0.25, 0.3) is 10.9 Å². The number of hydrogen-bond acceptors (Lipinski definition) is 7. The quantitative estimate of drug-likeness (QED) is 0.127. The zero-order chi connectivity index (χ0) is 30.8. The summed E-state index contributed by atoms with van der Waals surface area (Å²) in [4.78, 5) is 17.7. The average molecular weight is 604 g/mol. The molecule has 0 saturated carbocycles. The predicted molar refractivity (Wildman–Crippen MR) is 182 cm³/mol. The van der Waals surface area contributed by atoms with Gasteiger partial charge in [-0.15, -0.1) is 0 Å². The van der Waals surface area contributed by atoms with Crippen LogP contribution in [0.2, 0.25) is 0 Å². The van der Waals surface area contributed by atoms with Crippen LogP contribution in [0, 0.1) is 0 Å². The van der Waals surface area contributed by atoms with E-state index in [1.165, 1.54) is 33.3 Å². The molecule has 3 aromatic heterocycles. The van der Waals surface area contributed by atoms with Gasteiger partial charge in [-0.3, -0.25) is 14.8 Å². The van der Waals surface area contributed by atoms with Crippen molar-refractivity contribution in [2.45, 2.75) is 52.0 Å². The maximum Gasteiger partial charge on any atom is 0.125 e. The van der Waals surface area contributed by atoms with E-state index in [2.05, 4.69) is 84.8 Å². The molecule has 2 aromatic carbocycles. The molecule has 6 rings (SSSR count). The third kappa shape index (κ3) is 8.08. The number of anilines is 1. The fourth-order valence-corrected chi connectivity index (χ4v) is 6.33. The number of pyridine rings is 2. The van der Waals surface area contributed by atoms with E-state index in [0.29, 0.717) is 6.04 Å². The van der Waals surface area contributed by atoms with Crippen LogP contribution in [0.15, 0.2) is 91.3 Å². The first-order valence-corrected chi connectivity index (χ1v) is 16.2. The zero-order valence-electron chi connectivity index (χ0n) is 26.5. The third-order valence-electron chi connectivity index (χ3n) is 8.86. The van der Waals surface area contributed by atoms with E-state index in [4.69, 9.17) is 4.74 Å². The molecule has 0 aliphatic carbocycles. The number of methoxy groups -OCH3 is 1. The van der Waals surface area contributed by atoms with E-state index in [1.807, 2.05) is 48.8 Å². The van der Waals surface area contributed by atoms with Crippen LogP contribution in [-0.4, -0.2) is 64.1 Å². The first-order chi connectivity index (χ1) is 22.2. The van der Waals surface area contributed by atoms with Crippen LogP contribution in [0.3, 0.4) is 0 Å². The Morgan fingerprint density at radius 3 is 2.56 bits per heavy atom. The number of aromatic nitrogens is 3. The molecule has 1 aliphatic heterocycles. The zero-order valence-corrected chi connectivity index (χ0v) is 26.5. The van der Waals surface area contributed by atoms with Crippen LogP contribution >= 0.6 is 0 Å². The topological polar surface area (TPSA) is 81.3 Å². The van der Waals surface area contributed by atoms with Gasteiger partial charge in [0.1, 0.15) is 11.6 Å². The summed E-state index contributed by atoms with van der Waals surface area (Å²) in [5.74, 6) is 1.84. The van der Waals surface area contributed by atoms with Crippen molar-refractivity contribution in [3.8, 4) is 5.75 Å². The Labute approximate surface area is 266 Å². The van der Waals surface area contributed by atoms with Gasteiger partial charge in [0, 0.05) is 87.4 Å². The maximum absolute atomic E-state index is 5.47. The van der Waals surface area contributed by atoms with Gasteiger partial charge in [-0.2, -0.15) is 0 Å². The van der Waals surface area contributed by atoms with Gasteiger partial charge in [0.25, 0.3) is 0 Å². The molecule has 0 radical (unpaired) electrons. The Morgan fingerprint density at radius 1 is 0.978 bits per heavy atom. The number of aromatic amines is 1. The van der Waals surface area contributed by atoms with Crippen LogP contribution in [0.4, 0.5) is 5.82 Å². The van der Waals surface area contributed by atoms with Gasteiger partial charge in [0.2, 0.25) is 0 Å². The lowest BCUT2D eigenvalue weighted by Gasteiger charge is -2.32. The normalized spacial score (nSPS) is 14.0. The first kappa shape index (κ1) is 30.8. The van der Waals surface area contributed by atoms with Crippen molar-refractivity contribution >= 4 is 16.7 Å². The molecular formula is C37H45N7O. The Hall–Kier alpha value is -4.24. The maximum atomic E-state index is 5.47. The first-order valence-electron chi connectivity index (χ1n) is 16.2. The van der Waals surface area contributed by atoms with Gasteiger partial charge < -0.3 is 20.4 Å². The lowest BCUT2D eigenvalue weighted by atomic mass is 10.0. The Morgan fingerprint density at radius 2 is 1.80 bits per heavy atom. The largest absolute Gasteiger partial charge is 0.497 e. The molecule has 4 heterocycles. The Bertz CT molecular complexity index is 1620. The summed E-state index contributed by atoms with van der Waals surface area (Å²) >= 11 is 0. The van der Waals surface area contributed by atoms with E-state index < -0.39 is 0 Å². The van der Waals surface area contributed by atoms with Crippen molar-refractivity contribution < 1.29 is 4.74 Å². The van der Waals surface area contributed by atoms with E-state index in [0.717, 1.165) is 82.5 Å². The smallest absolute Gasteiger partial charge is 0.125 e. The Kier molecular flexibility index (Phi) is 10.4. The molecule has 234 valence electrons. The van der Waals surface area contributed by atoms with Gasteiger partial charge in [-0.25, -0.2) is 4.98 Å². The van der Waals surface area contributed by atoms with Gasteiger partial charge in [0.05, 0.1) is 12.8 Å². The van der Waals surface area contributed by atoms with E-state index in [9.17, 15) is 0 Å². The number of benzene rings is 2. The second kappa shape index (κ2) is 15.2. The van der Waals surface area contributed by atoms with E-state index >= 15 is 0 Å². The average Bonchev–Trinajstić information content (AvgIpc) is 3.45. The van der Waals surface area contributed by atoms with E-state index in [-0.39, 0.29) is 0 Å². The lowest BCUT2D eigenvalue weighted by molar-refractivity contribution is 0.190. The minimum atomic E-state index is 0.377. The van der Waals surface area contributed by atoms with Gasteiger partial charge in [-0.05, 0) is 72.0 Å². The van der Waals surface area contributed by atoms with Crippen LogP contribution in [0.1, 0.15) is 41.4 Å². The molecule has 0 fully saturated rings. The SMILES string of the molecule is CCC(CNc1ccccn1)N(CCNCc1ccccn1)Cc1ccc(CN2CCc3c([nH]c4ccc(OC)cc34)C2)cc1. The lowest BCUT2D eigenvalue weighted by Crippen LogP contribution is -2.42. The second-order valence-electron chi connectivity index (χ2n) is 11.9. The second-order valence-corrected chi connectivity index (χ2v) is 11.9. The molecule has 0 spiro atoms. The number of H-pyrrole nitrogens is 1. The fourth-order valence-electron chi connectivity index (χ4n) is 6.33. The molecule has 8 nitrogen and oxygen atoms in total. The Balaban J connectivity index is 1.07. The van der Waals surface area contributed by atoms with Crippen molar-refractivity contribution in [1.29, 1.82) is 0 Å². The van der Waals surface area contributed by atoms with Gasteiger partial charge >= 0.3 is 0 Å². The molecule has 1 unspecified atom stereocenters. The van der Waals surface area contributed by atoms with Crippen molar-refractivity contribution in [2.75, 3.05) is 38.6 Å². The standard InChI is InChI=1S/C37H45N7O/c1-3-31(24-41-37-9-5-7-18-40-37)44(21-19-38-23-30-8-4-6-17-39-30)26-29-12-10-28(11-13-29)25-43-20-16-33-34-22-32(45-2)14-15-35(34)42-36(33)27-43/h4-15,17-18,22,31,38,42H,3,16,19-21,23-27H2,1-2H3,(H,40,41). The molecule has 0 amide bonds. The van der Waals surface area contributed by atoms with Crippen LogP contribution in [0.5, 0.6) is 5.75 Å². The molecular weight excluding hydrogens is 558 g/mol. The minimum absolute atomic E-state index is 0.377. The van der Waals surface area contributed by atoms with E-state index in [1.54, 1.807) is 7.11 Å². The summed E-state index contributed by atoms with van der Waals surface area (Å²) in [6.45, 7) is 9.59. The molecule has 5 aromatic rings. The van der Waals surface area contributed by atoms with Crippen molar-refractivity contribution in [3.63, 3.8) is 0 Å². The van der Waals surface area contributed by atoms with Gasteiger partial charge in [-0.1, -0.05) is 43.3 Å². The highest BCUT2D eigenvalue weighted by atomic mass is 16.5. The highest BCUT2D eigenvalue weighted by Crippen LogP contribution is 2.31. The highest BCUT2D eigenvalue weighted by Gasteiger charge is 2.21. The highest BCUT2D eigenvalue weighted by molar-refractivity contribution is 5.86. The summed E-state index contributed by atoms with van der Waals surface area (Å²) in [5.41, 5.74) is 7.73. The summed E-state index contributed by atoms with van der Waals surface area (Å²) in [5, 5.41) is 8.45. The molecule has 45 heavy (non-hydrogen) atoms. The third-order valence-corrected chi connectivity index (χ3v) is 8.86. The van der Waals surface area contributed by atoms with Gasteiger partial charge in [0.15, 0.2) is 0 Å². The monoisotopic (exact) mass is 603 g/mol. The number of nitrogens with one attached hydrogen (secondary N) is 3. The number of rotatable bonds is 15. The summed E-state index contributed by atoms with van der Waals surface area (Å²) in [7, 11) is 1.73. The minimum Gasteiger partial charge on any atom is -0.497 e. The van der Waals surface area contributed by atoms with Crippen LogP contribution < -0.4 is 15.4 Å². The summed E-state index contributed by atoms with van der Waals surface area (Å²) in [6.07, 6.45) is 5.79. The number of hydrogen-bond donors (Lipinski definition) is 3. The van der Waals surface area contributed by atoms with Crippen molar-refractivity contribution in [1.82, 2.24) is 30.1 Å². The molecule has 1 aliphatic rings. The number of fused-ring (bicyclic) bond motifs is 3. The fraction of sp³-hybridized carbons (Fsp3) is 0.351. The molecule has 1 atom stereocenters. The predicted octanol–water partition coefficient (Wildman–Crippen LogP) is 6.01.